The number of rotatable bonds is 11. The van der Waals surface area contributed by atoms with Crippen LogP contribution in [0.4, 0.5) is 0 Å². The SMILES string of the molecule is CC(C)(C)NCCCCN1CCCCC1.CN(C)CCNC(C)(C)C.CN1CCN(CCNC(C)(C)C)CC1. The first-order valence-electron chi connectivity index (χ1n) is 16.0. The lowest BCUT2D eigenvalue weighted by Crippen LogP contribution is -2.48. The molecule has 2 saturated heterocycles. The van der Waals surface area contributed by atoms with Crippen LogP contribution in [0.25, 0.3) is 0 Å². The van der Waals surface area contributed by atoms with E-state index in [0.717, 1.165) is 26.2 Å². The van der Waals surface area contributed by atoms with Crippen LogP contribution in [0, 0.1) is 0 Å². The van der Waals surface area contributed by atoms with E-state index in [1.165, 1.54) is 84.5 Å². The Bertz CT molecular complexity index is 546. The van der Waals surface area contributed by atoms with Crippen molar-refractivity contribution in [3.05, 3.63) is 0 Å². The molecule has 2 aliphatic heterocycles. The molecule has 0 aliphatic carbocycles. The van der Waals surface area contributed by atoms with Gasteiger partial charge in [0.1, 0.15) is 0 Å². The predicted molar refractivity (Wildman–Crippen MR) is 175 cm³/mol. The molecule has 2 heterocycles. The maximum absolute atomic E-state index is 3.54. The van der Waals surface area contributed by atoms with Crippen molar-refractivity contribution >= 4 is 0 Å². The van der Waals surface area contributed by atoms with E-state index in [-0.39, 0.29) is 16.6 Å². The summed E-state index contributed by atoms with van der Waals surface area (Å²) in [7, 11) is 6.37. The van der Waals surface area contributed by atoms with Crippen molar-refractivity contribution in [2.24, 2.45) is 0 Å². The highest BCUT2D eigenvalue weighted by Crippen LogP contribution is 2.09. The third-order valence-corrected chi connectivity index (χ3v) is 6.90. The fourth-order valence-electron chi connectivity index (χ4n) is 4.42. The van der Waals surface area contributed by atoms with Gasteiger partial charge in [0, 0.05) is 69.0 Å². The molecule has 0 bridgehead atoms. The van der Waals surface area contributed by atoms with Gasteiger partial charge in [0.25, 0.3) is 0 Å². The quantitative estimate of drug-likeness (QED) is 0.330. The van der Waals surface area contributed by atoms with Gasteiger partial charge in [-0.1, -0.05) is 6.42 Å². The lowest BCUT2D eigenvalue weighted by Gasteiger charge is -2.33. The minimum absolute atomic E-state index is 0.257. The van der Waals surface area contributed by atoms with E-state index in [9.17, 15) is 0 Å². The first kappa shape index (κ1) is 38.7. The fourth-order valence-corrected chi connectivity index (χ4v) is 4.42. The normalized spacial score (nSPS) is 18.4. The molecule has 0 aromatic rings. The molecule has 39 heavy (non-hydrogen) atoms. The molecule has 0 amide bonds. The largest absolute Gasteiger partial charge is 0.312 e. The van der Waals surface area contributed by atoms with E-state index in [2.05, 4.69) is 119 Å². The first-order chi connectivity index (χ1) is 18.0. The summed E-state index contributed by atoms with van der Waals surface area (Å²) in [6.07, 6.45) is 6.94. The zero-order valence-corrected chi connectivity index (χ0v) is 28.8. The van der Waals surface area contributed by atoms with Crippen LogP contribution in [-0.4, -0.2) is 136 Å². The summed E-state index contributed by atoms with van der Waals surface area (Å²) >= 11 is 0. The molecule has 236 valence electrons. The Morgan fingerprint density at radius 3 is 1.49 bits per heavy atom. The van der Waals surface area contributed by atoms with Gasteiger partial charge in [0.15, 0.2) is 0 Å². The summed E-state index contributed by atoms with van der Waals surface area (Å²) in [5.74, 6) is 0. The minimum Gasteiger partial charge on any atom is -0.312 e. The van der Waals surface area contributed by atoms with Gasteiger partial charge in [-0.15, -0.1) is 0 Å². The van der Waals surface area contributed by atoms with E-state index in [0.29, 0.717) is 0 Å². The Labute approximate surface area is 246 Å². The van der Waals surface area contributed by atoms with E-state index in [1.54, 1.807) is 0 Å². The molecule has 2 aliphatic rings. The van der Waals surface area contributed by atoms with Gasteiger partial charge in [-0.25, -0.2) is 0 Å². The maximum Gasteiger partial charge on any atom is 0.0110 e. The molecule has 0 radical (unpaired) electrons. The Kier molecular flexibility index (Phi) is 20.4. The third kappa shape index (κ3) is 29.0. The maximum atomic E-state index is 3.54. The summed E-state index contributed by atoms with van der Waals surface area (Å²) in [5, 5.41) is 10.5. The molecule has 0 aromatic carbocycles. The van der Waals surface area contributed by atoms with Gasteiger partial charge >= 0.3 is 0 Å². The van der Waals surface area contributed by atoms with Crippen LogP contribution in [-0.2, 0) is 0 Å². The van der Waals surface area contributed by atoms with Crippen molar-refractivity contribution in [3.8, 4) is 0 Å². The predicted octanol–water partition coefficient (Wildman–Crippen LogP) is 4.20. The van der Waals surface area contributed by atoms with Crippen molar-refractivity contribution in [2.75, 3.05) is 99.7 Å². The summed E-state index contributed by atoms with van der Waals surface area (Å²) in [5.41, 5.74) is 0.799. The highest BCUT2D eigenvalue weighted by molar-refractivity contribution is 4.74. The van der Waals surface area contributed by atoms with Crippen molar-refractivity contribution in [2.45, 2.75) is 111 Å². The van der Waals surface area contributed by atoms with Crippen LogP contribution < -0.4 is 16.0 Å². The van der Waals surface area contributed by atoms with Gasteiger partial charge in [-0.05, 0) is 135 Å². The zero-order valence-electron chi connectivity index (χ0n) is 28.8. The molecule has 0 unspecified atom stereocenters. The molecule has 0 aromatic heterocycles. The van der Waals surface area contributed by atoms with Crippen molar-refractivity contribution in [1.82, 2.24) is 35.6 Å². The van der Waals surface area contributed by atoms with E-state index < -0.39 is 0 Å². The molecular weight excluding hydrogens is 482 g/mol. The molecule has 2 fully saturated rings. The van der Waals surface area contributed by atoms with Crippen LogP contribution in [0.2, 0.25) is 0 Å². The van der Waals surface area contributed by atoms with E-state index >= 15 is 0 Å². The number of hydrogen-bond acceptors (Lipinski definition) is 7. The third-order valence-electron chi connectivity index (χ3n) is 6.90. The number of nitrogens with one attached hydrogen (secondary N) is 3. The standard InChI is InChI=1S/C13H28N2.C11H25N3.C8H20N2/c1-13(2,3)14-9-5-8-12-15-10-6-4-7-11-15;1-11(2,3)12-5-6-14-9-7-13(4)8-10-14;1-8(2,3)9-6-7-10(4)5/h14H,4-12H2,1-3H3;12H,5-10H2,1-4H3;9H,6-7H2,1-5H3. The van der Waals surface area contributed by atoms with Gasteiger partial charge in [-0.2, -0.15) is 0 Å². The fraction of sp³-hybridized carbons (Fsp3) is 1.00. The number of piperidine rings is 1. The zero-order chi connectivity index (χ0) is 30.0. The van der Waals surface area contributed by atoms with Crippen molar-refractivity contribution in [3.63, 3.8) is 0 Å². The molecule has 2 rings (SSSR count). The van der Waals surface area contributed by atoms with E-state index in [1.807, 2.05) is 0 Å². The Balaban J connectivity index is 0.000000568. The molecule has 0 spiro atoms. The van der Waals surface area contributed by atoms with Gasteiger partial charge < -0.3 is 30.7 Å². The average molecular weight is 556 g/mol. The summed E-state index contributed by atoms with van der Waals surface area (Å²) < 4.78 is 0. The number of hydrogen-bond donors (Lipinski definition) is 3. The minimum atomic E-state index is 0.257. The van der Waals surface area contributed by atoms with Gasteiger partial charge in [-0.3, -0.25) is 4.90 Å². The second kappa shape index (κ2) is 20.6. The second-order valence-corrected chi connectivity index (χ2v) is 15.1. The summed E-state index contributed by atoms with van der Waals surface area (Å²) in [4.78, 5) is 9.74. The van der Waals surface area contributed by atoms with Crippen molar-refractivity contribution in [1.29, 1.82) is 0 Å². The monoisotopic (exact) mass is 556 g/mol. The Morgan fingerprint density at radius 1 is 0.538 bits per heavy atom. The van der Waals surface area contributed by atoms with Crippen LogP contribution in [0.5, 0.6) is 0 Å². The molecule has 3 N–H and O–H groups in total. The number of piperazine rings is 1. The van der Waals surface area contributed by atoms with Crippen LogP contribution in [0.1, 0.15) is 94.4 Å². The highest BCUT2D eigenvalue weighted by atomic mass is 15.2. The molecule has 0 atom stereocenters. The van der Waals surface area contributed by atoms with Gasteiger partial charge in [0.05, 0.1) is 0 Å². The van der Waals surface area contributed by atoms with Gasteiger partial charge in [0.2, 0.25) is 0 Å². The topological polar surface area (TPSA) is 49.1 Å². The van der Waals surface area contributed by atoms with Crippen LogP contribution >= 0.6 is 0 Å². The number of likely N-dealkylation sites (N-methyl/N-ethyl adjacent to an activating group) is 2. The molecule has 0 saturated carbocycles. The Hall–Kier alpha value is -0.280. The average Bonchev–Trinajstić information content (AvgIpc) is 2.79. The number of likely N-dealkylation sites (tertiary alicyclic amines) is 1. The van der Waals surface area contributed by atoms with E-state index in [4.69, 9.17) is 0 Å². The highest BCUT2D eigenvalue weighted by Gasteiger charge is 2.14. The number of unbranched alkanes of at least 4 members (excludes halogenated alkanes) is 1. The molecule has 7 heteroatoms. The first-order valence-corrected chi connectivity index (χ1v) is 16.0. The van der Waals surface area contributed by atoms with Crippen LogP contribution in [0.15, 0.2) is 0 Å². The smallest absolute Gasteiger partial charge is 0.0110 e. The summed E-state index contributed by atoms with van der Waals surface area (Å²) in [6, 6.07) is 0. The molecular formula is C32H73N7. The number of nitrogens with zero attached hydrogens (tertiary/aromatic N) is 4. The summed E-state index contributed by atoms with van der Waals surface area (Å²) in [6.45, 7) is 34.4. The Morgan fingerprint density at radius 2 is 1.00 bits per heavy atom. The second-order valence-electron chi connectivity index (χ2n) is 15.1. The van der Waals surface area contributed by atoms with Crippen molar-refractivity contribution < 1.29 is 0 Å². The lowest BCUT2D eigenvalue weighted by atomic mass is 10.1. The molecule has 7 nitrogen and oxygen atoms in total. The lowest BCUT2D eigenvalue weighted by molar-refractivity contribution is 0.152. The van der Waals surface area contributed by atoms with Crippen LogP contribution in [0.3, 0.4) is 0 Å².